The number of nitrogens with zero attached hydrogens (tertiary/aromatic N) is 1. The highest BCUT2D eigenvalue weighted by molar-refractivity contribution is 5.80. The van der Waals surface area contributed by atoms with E-state index in [1.165, 1.54) is 22.3 Å². The first-order valence-corrected chi connectivity index (χ1v) is 19.8. The maximum atomic E-state index is 6.07. The monoisotopic (exact) mass is 769 g/mol. The quantitative estimate of drug-likeness (QED) is 0.103. The SMILES string of the molecule is CC(c1ccc(OCc2ccco2)cc1)(c1ccc(OCc2ccco2)cc1)c1ccc(N(c2ccc(-c3ccccc3)cc2)c2ccc(-c3ccccc3)cc2)cc1. The van der Waals surface area contributed by atoms with Crippen molar-refractivity contribution in [1.29, 1.82) is 0 Å². The first-order chi connectivity index (χ1) is 29.1. The van der Waals surface area contributed by atoms with Crippen molar-refractivity contribution in [1.82, 2.24) is 0 Å². The second kappa shape index (κ2) is 16.9. The molecule has 2 heterocycles. The average molecular weight is 770 g/mol. The van der Waals surface area contributed by atoms with Gasteiger partial charge in [0.25, 0.3) is 0 Å². The van der Waals surface area contributed by atoms with Crippen LogP contribution in [0.2, 0.25) is 0 Å². The van der Waals surface area contributed by atoms with Crippen molar-refractivity contribution in [3.63, 3.8) is 0 Å². The lowest BCUT2D eigenvalue weighted by Crippen LogP contribution is -2.25. The van der Waals surface area contributed by atoms with E-state index in [9.17, 15) is 0 Å². The van der Waals surface area contributed by atoms with Gasteiger partial charge >= 0.3 is 0 Å². The van der Waals surface area contributed by atoms with Gasteiger partial charge in [0.15, 0.2) is 0 Å². The van der Waals surface area contributed by atoms with Crippen molar-refractivity contribution in [2.24, 2.45) is 0 Å². The van der Waals surface area contributed by atoms with Crippen LogP contribution in [0.1, 0.15) is 35.1 Å². The second-order valence-electron chi connectivity index (χ2n) is 14.6. The van der Waals surface area contributed by atoms with Crippen LogP contribution in [0.15, 0.2) is 228 Å². The summed E-state index contributed by atoms with van der Waals surface area (Å²) in [6, 6.07) is 71.9. The third kappa shape index (κ3) is 8.18. The molecule has 7 aromatic carbocycles. The molecule has 0 N–H and O–H groups in total. The minimum absolute atomic E-state index is 0.366. The predicted octanol–water partition coefficient (Wildman–Crippen LogP) is 14.2. The molecule has 0 saturated heterocycles. The molecule has 0 unspecified atom stereocenters. The molecule has 0 radical (unpaired) electrons. The Balaban J connectivity index is 1.07. The van der Waals surface area contributed by atoms with E-state index in [0.717, 1.165) is 56.8 Å². The molecule has 288 valence electrons. The molecule has 5 heteroatoms. The highest BCUT2D eigenvalue weighted by atomic mass is 16.5. The molecule has 2 aromatic heterocycles. The normalized spacial score (nSPS) is 11.3. The summed E-state index contributed by atoms with van der Waals surface area (Å²) in [7, 11) is 0. The number of furan rings is 2. The smallest absolute Gasteiger partial charge is 0.146 e. The Morgan fingerprint density at radius 1 is 0.373 bits per heavy atom. The van der Waals surface area contributed by atoms with Gasteiger partial charge in [-0.1, -0.05) is 121 Å². The number of rotatable bonds is 14. The van der Waals surface area contributed by atoms with Gasteiger partial charge in [-0.2, -0.15) is 0 Å². The largest absolute Gasteiger partial charge is 0.486 e. The highest BCUT2D eigenvalue weighted by Crippen LogP contribution is 2.43. The zero-order valence-electron chi connectivity index (χ0n) is 32.8. The van der Waals surface area contributed by atoms with Gasteiger partial charge in [0.2, 0.25) is 0 Å². The van der Waals surface area contributed by atoms with Crippen LogP contribution in [0.3, 0.4) is 0 Å². The van der Waals surface area contributed by atoms with E-state index < -0.39 is 5.41 Å². The van der Waals surface area contributed by atoms with Crippen LogP contribution in [0.25, 0.3) is 22.3 Å². The van der Waals surface area contributed by atoms with Gasteiger partial charge in [-0.3, -0.25) is 0 Å². The van der Waals surface area contributed by atoms with Gasteiger partial charge in [-0.25, -0.2) is 0 Å². The summed E-state index contributed by atoms with van der Waals surface area (Å²) in [4.78, 5) is 2.32. The predicted molar refractivity (Wildman–Crippen MR) is 237 cm³/mol. The fourth-order valence-electron chi connectivity index (χ4n) is 7.63. The molecule has 9 rings (SSSR count). The number of benzene rings is 7. The Bertz CT molecular complexity index is 2490. The Hall–Kier alpha value is -7.50. The first kappa shape index (κ1) is 37.1. The summed E-state index contributed by atoms with van der Waals surface area (Å²) in [5.74, 6) is 3.11. The van der Waals surface area contributed by atoms with E-state index in [-0.39, 0.29) is 0 Å². The van der Waals surface area contributed by atoms with Gasteiger partial charge < -0.3 is 23.2 Å². The lowest BCUT2D eigenvalue weighted by molar-refractivity contribution is 0.270. The van der Waals surface area contributed by atoms with Crippen molar-refractivity contribution in [2.45, 2.75) is 25.6 Å². The Kier molecular flexibility index (Phi) is 10.6. The van der Waals surface area contributed by atoms with Gasteiger partial charge in [0, 0.05) is 22.5 Å². The van der Waals surface area contributed by atoms with Crippen molar-refractivity contribution >= 4 is 17.1 Å². The number of anilines is 3. The molecule has 0 bridgehead atoms. The van der Waals surface area contributed by atoms with Crippen LogP contribution < -0.4 is 14.4 Å². The van der Waals surface area contributed by atoms with Crippen LogP contribution in [0.4, 0.5) is 17.1 Å². The molecule has 0 amide bonds. The fourth-order valence-corrected chi connectivity index (χ4v) is 7.63. The van der Waals surface area contributed by atoms with Crippen LogP contribution in [0, 0.1) is 0 Å². The zero-order valence-corrected chi connectivity index (χ0v) is 32.8. The van der Waals surface area contributed by atoms with Crippen LogP contribution >= 0.6 is 0 Å². The molecule has 0 aliphatic heterocycles. The minimum Gasteiger partial charge on any atom is -0.486 e. The van der Waals surface area contributed by atoms with Gasteiger partial charge in [-0.15, -0.1) is 0 Å². The highest BCUT2D eigenvalue weighted by Gasteiger charge is 2.32. The third-order valence-electron chi connectivity index (χ3n) is 11.0. The van der Waals surface area contributed by atoms with Crippen LogP contribution in [-0.2, 0) is 18.6 Å². The van der Waals surface area contributed by atoms with E-state index in [0.29, 0.717) is 13.2 Å². The maximum Gasteiger partial charge on any atom is 0.146 e. The van der Waals surface area contributed by atoms with Gasteiger partial charge in [0.05, 0.1) is 12.5 Å². The average Bonchev–Trinajstić information content (AvgIpc) is 4.05. The van der Waals surface area contributed by atoms with Crippen molar-refractivity contribution in [3.05, 3.63) is 247 Å². The van der Waals surface area contributed by atoms with Gasteiger partial charge in [0.1, 0.15) is 36.2 Å². The summed E-state index contributed by atoms with van der Waals surface area (Å²) in [5, 5.41) is 0. The van der Waals surface area contributed by atoms with Crippen LogP contribution in [0.5, 0.6) is 11.5 Å². The first-order valence-electron chi connectivity index (χ1n) is 19.8. The van der Waals surface area contributed by atoms with E-state index in [4.69, 9.17) is 18.3 Å². The number of ether oxygens (including phenoxy) is 2. The molecule has 0 aliphatic rings. The zero-order chi connectivity index (χ0) is 39.9. The summed E-state index contributed by atoms with van der Waals surface area (Å²) in [5.41, 5.74) is 10.8. The summed E-state index contributed by atoms with van der Waals surface area (Å²) in [6.45, 7) is 3.01. The Morgan fingerprint density at radius 2 is 0.712 bits per heavy atom. The van der Waals surface area contributed by atoms with Crippen molar-refractivity contribution in [2.75, 3.05) is 4.90 Å². The second-order valence-corrected chi connectivity index (χ2v) is 14.6. The molecule has 5 nitrogen and oxygen atoms in total. The molecule has 0 saturated carbocycles. The fraction of sp³-hybridized carbons (Fsp3) is 0.0741. The van der Waals surface area contributed by atoms with E-state index >= 15 is 0 Å². The molecular formula is C54H43NO4. The Labute approximate surface area is 345 Å². The Morgan fingerprint density at radius 3 is 1.07 bits per heavy atom. The lowest BCUT2D eigenvalue weighted by atomic mass is 9.71. The molecule has 9 aromatic rings. The summed E-state index contributed by atoms with van der Waals surface area (Å²) >= 11 is 0. The van der Waals surface area contributed by atoms with Crippen molar-refractivity contribution < 1.29 is 18.3 Å². The van der Waals surface area contributed by atoms with E-state index in [1.54, 1.807) is 12.5 Å². The molecular weight excluding hydrogens is 727 g/mol. The lowest BCUT2D eigenvalue weighted by Gasteiger charge is -2.33. The minimum atomic E-state index is -0.517. The molecule has 0 spiro atoms. The summed E-state index contributed by atoms with van der Waals surface area (Å²) in [6.07, 6.45) is 3.32. The molecule has 59 heavy (non-hydrogen) atoms. The number of hydrogen-bond donors (Lipinski definition) is 0. The van der Waals surface area contributed by atoms with E-state index in [1.807, 2.05) is 48.5 Å². The topological polar surface area (TPSA) is 48.0 Å². The summed E-state index contributed by atoms with van der Waals surface area (Å²) < 4.78 is 23.1. The van der Waals surface area contributed by atoms with Gasteiger partial charge in [-0.05, 0) is 131 Å². The van der Waals surface area contributed by atoms with Crippen molar-refractivity contribution in [3.8, 4) is 33.8 Å². The maximum absolute atomic E-state index is 6.07. The van der Waals surface area contributed by atoms with Crippen LogP contribution in [-0.4, -0.2) is 0 Å². The molecule has 0 atom stereocenters. The van der Waals surface area contributed by atoms with E-state index in [2.05, 4.69) is 170 Å². The molecule has 0 aliphatic carbocycles. The molecule has 0 fully saturated rings. The standard InChI is InChI=1S/C54H43NO4/c1-54(45-22-32-50(33-23-45)58-38-52-14-8-36-56-52,46-24-34-51(35-25-46)59-39-53-15-9-37-57-53)44-20-30-49(31-21-44)55(47-26-16-42(17-27-47)40-10-4-2-5-11-40)48-28-18-43(19-29-48)41-12-6-3-7-13-41/h2-37H,38-39H2,1H3. The number of hydrogen-bond acceptors (Lipinski definition) is 5. The third-order valence-corrected chi connectivity index (χ3v) is 11.0.